The summed E-state index contributed by atoms with van der Waals surface area (Å²) in [5, 5.41) is 3.42. The van der Waals surface area contributed by atoms with Gasteiger partial charge in [-0.25, -0.2) is 0 Å². The molecule has 0 radical (unpaired) electrons. The Hall–Kier alpha value is -0.0400. The van der Waals surface area contributed by atoms with Gasteiger partial charge in [-0.3, -0.25) is 0 Å². The SMILES string of the molecule is CNC1CCC2(CC1)CC[C@@H](C)C2. The molecule has 1 spiro atoms. The van der Waals surface area contributed by atoms with E-state index in [4.69, 9.17) is 0 Å². The standard InChI is InChI=1S/C12H23N/c1-10-3-6-12(9-10)7-4-11(13-2)5-8-12/h10-11,13H,3-9H2,1-2H3/t10-,11?,12?/m1/s1. The lowest BCUT2D eigenvalue weighted by molar-refractivity contribution is 0.167. The highest BCUT2D eigenvalue weighted by molar-refractivity contribution is 4.92. The van der Waals surface area contributed by atoms with Crippen molar-refractivity contribution in [2.45, 2.75) is 57.9 Å². The molecule has 76 valence electrons. The van der Waals surface area contributed by atoms with Crippen LogP contribution in [0.4, 0.5) is 0 Å². The zero-order valence-corrected chi connectivity index (χ0v) is 9.10. The minimum atomic E-state index is 0.784. The Bertz CT molecular complexity index is 168. The average molecular weight is 181 g/mol. The molecule has 0 aliphatic heterocycles. The van der Waals surface area contributed by atoms with Gasteiger partial charge >= 0.3 is 0 Å². The van der Waals surface area contributed by atoms with Crippen molar-refractivity contribution < 1.29 is 0 Å². The molecule has 0 aromatic rings. The van der Waals surface area contributed by atoms with E-state index in [0.29, 0.717) is 0 Å². The maximum atomic E-state index is 3.42. The van der Waals surface area contributed by atoms with Crippen LogP contribution in [0.15, 0.2) is 0 Å². The van der Waals surface area contributed by atoms with Crippen LogP contribution in [0.5, 0.6) is 0 Å². The zero-order valence-electron chi connectivity index (χ0n) is 9.10. The van der Waals surface area contributed by atoms with Crippen LogP contribution in [0.3, 0.4) is 0 Å². The van der Waals surface area contributed by atoms with Gasteiger partial charge in [-0.2, -0.15) is 0 Å². The Morgan fingerprint density at radius 2 is 1.69 bits per heavy atom. The van der Waals surface area contributed by atoms with Gasteiger partial charge in [0.15, 0.2) is 0 Å². The molecule has 0 heterocycles. The van der Waals surface area contributed by atoms with Crippen LogP contribution in [-0.4, -0.2) is 13.1 Å². The minimum Gasteiger partial charge on any atom is -0.317 e. The van der Waals surface area contributed by atoms with E-state index in [1.807, 2.05) is 0 Å². The lowest BCUT2D eigenvalue weighted by atomic mass is 9.71. The van der Waals surface area contributed by atoms with Gasteiger partial charge in [-0.15, -0.1) is 0 Å². The molecule has 13 heavy (non-hydrogen) atoms. The van der Waals surface area contributed by atoms with E-state index < -0.39 is 0 Å². The first kappa shape index (κ1) is 9.51. The number of hydrogen-bond acceptors (Lipinski definition) is 1. The van der Waals surface area contributed by atoms with Crippen molar-refractivity contribution in [3.63, 3.8) is 0 Å². The molecule has 2 aliphatic rings. The van der Waals surface area contributed by atoms with Gasteiger partial charge in [0.1, 0.15) is 0 Å². The van der Waals surface area contributed by atoms with E-state index in [0.717, 1.165) is 17.4 Å². The first-order chi connectivity index (χ1) is 6.24. The molecule has 0 amide bonds. The third-order valence-electron chi connectivity index (χ3n) is 4.40. The predicted octanol–water partition coefficient (Wildman–Crippen LogP) is 2.95. The highest BCUT2D eigenvalue weighted by atomic mass is 14.9. The van der Waals surface area contributed by atoms with Gasteiger partial charge in [0.2, 0.25) is 0 Å². The van der Waals surface area contributed by atoms with Crippen LogP contribution in [0, 0.1) is 11.3 Å². The summed E-state index contributed by atoms with van der Waals surface area (Å²) in [7, 11) is 2.11. The molecule has 2 fully saturated rings. The highest BCUT2D eigenvalue weighted by Crippen LogP contribution is 2.50. The lowest BCUT2D eigenvalue weighted by Crippen LogP contribution is -2.34. The van der Waals surface area contributed by atoms with Gasteiger partial charge in [-0.05, 0) is 56.9 Å². The Balaban J connectivity index is 1.90. The molecule has 0 unspecified atom stereocenters. The van der Waals surface area contributed by atoms with Crippen molar-refractivity contribution in [2.24, 2.45) is 11.3 Å². The van der Waals surface area contributed by atoms with Crippen LogP contribution < -0.4 is 5.32 Å². The molecule has 0 saturated heterocycles. The number of hydrogen-bond donors (Lipinski definition) is 1. The zero-order chi connectivity index (χ0) is 9.31. The molecule has 1 N–H and O–H groups in total. The van der Waals surface area contributed by atoms with Crippen molar-refractivity contribution in [1.29, 1.82) is 0 Å². The molecular weight excluding hydrogens is 158 g/mol. The summed E-state index contributed by atoms with van der Waals surface area (Å²) in [5.74, 6) is 1.01. The monoisotopic (exact) mass is 181 g/mol. The summed E-state index contributed by atoms with van der Waals surface area (Å²) in [4.78, 5) is 0. The van der Waals surface area contributed by atoms with Crippen LogP contribution in [0.25, 0.3) is 0 Å². The highest BCUT2D eigenvalue weighted by Gasteiger charge is 2.39. The van der Waals surface area contributed by atoms with Crippen molar-refractivity contribution in [1.82, 2.24) is 5.32 Å². The summed E-state index contributed by atoms with van der Waals surface area (Å²) >= 11 is 0. The quantitative estimate of drug-likeness (QED) is 0.656. The second kappa shape index (κ2) is 3.61. The topological polar surface area (TPSA) is 12.0 Å². The molecule has 1 atom stereocenters. The summed E-state index contributed by atoms with van der Waals surface area (Å²) < 4.78 is 0. The van der Waals surface area contributed by atoms with Crippen LogP contribution >= 0.6 is 0 Å². The molecule has 0 bridgehead atoms. The van der Waals surface area contributed by atoms with Crippen LogP contribution in [0.1, 0.15) is 51.9 Å². The molecular formula is C12H23N. The molecule has 1 heteroatoms. The Kier molecular flexibility index (Phi) is 2.64. The fraction of sp³-hybridized carbons (Fsp3) is 1.00. The molecule has 2 rings (SSSR count). The third-order valence-corrected chi connectivity index (χ3v) is 4.40. The van der Waals surface area contributed by atoms with Crippen molar-refractivity contribution in [2.75, 3.05) is 7.05 Å². The smallest absolute Gasteiger partial charge is 0.00644 e. The van der Waals surface area contributed by atoms with Crippen LogP contribution in [-0.2, 0) is 0 Å². The van der Waals surface area contributed by atoms with E-state index in [1.54, 1.807) is 0 Å². The van der Waals surface area contributed by atoms with E-state index in [1.165, 1.54) is 44.9 Å². The minimum absolute atomic E-state index is 0.784. The van der Waals surface area contributed by atoms with E-state index in [2.05, 4.69) is 19.3 Å². The van der Waals surface area contributed by atoms with Gasteiger partial charge < -0.3 is 5.32 Å². The van der Waals surface area contributed by atoms with E-state index >= 15 is 0 Å². The molecule has 1 nitrogen and oxygen atoms in total. The maximum absolute atomic E-state index is 3.42. The second-order valence-corrected chi connectivity index (χ2v) is 5.41. The first-order valence-corrected chi connectivity index (χ1v) is 5.91. The average Bonchev–Trinajstić information content (AvgIpc) is 2.49. The second-order valence-electron chi connectivity index (χ2n) is 5.41. The normalized spacial score (nSPS) is 45.7. The van der Waals surface area contributed by atoms with Crippen LogP contribution in [0.2, 0.25) is 0 Å². The van der Waals surface area contributed by atoms with Crippen molar-refractivity contribution >= 4 is 0 Å². The molecule has 0 aromatic heterocycles. The lowest BCUT2D eigenvalue weighted by Gasteiger charge is -2.37. The Labute approximate surface area is 82.3 Å². The Morgan fingerprint density at radius 3 is 2.15 bits per heavy atom. The van der Waals surface area contributed by atoms with Crippen molar-refractivity contribution in [3.8, 4) is 0 Å². The largest absolute Gasteiger partial charge is 0.317 e. The summed E-state index contributed by atoms with van der Waals surface area (Å²) in [5.41, 5.74) is 0.784. The molecule has 2 saturated carbocycles. The van der Waals surface area contributed by atoms with Gasteiger partial charge in [0.05, 0.1) is 0 Å². The maximum Gasteiger partial charge on any atom is 0.00644 e. The van der Waals surface area contributed by atoms with Crippen molar-refractivity contribution in [3.05, 3.63) is 0 Å². The fourth-order valence-corrected chi connectivity index (χ4v) is 3.47. The number of nitrogens with one attached hydrogen (secondary N) is 1. The summed E-state index contributed by atoms with van der Waals surface area (Å²) in [6.45, 7) is 2.43. The Morgan fingerprint density at radius 1 is 1.08 bits per heavy atom. The third kappa shape index (κ3) is 1.90. The summed E-state index contributed by atoms with van der Waals surface area (Å²) in [6, 6.07) is 0.821. The van der Waals surface area contributed by atoms with Gasteiger partial charge in [-0.1, -0.05) is 13.3 Å². The van der Waals surface area contributed by atoms with E-state index in [-0.39, 0.29) is 0 Å². The number of rotatable bonds is 1. The fourth-order valence-electron chi connectivity index (χ4n) is 3.47. The first-order valence-electron chi connectivity index (χ1n) is 5.91. The van der Waals surface area contributed by atoms with Gasteiger partial charge in [0, 0.05) is 6.04 Å². The van der Waals surface area contributed by atoms with E-state index in [9.17, 15) is 0 Å². The summed E-state index contributed by atoms with van der Waals surface area (Å²) in [6.07, 6.45) is 10.3. The molecule has 2 aliphatic carbocycles. The molecule has 0 aromatic carbocycles. The van der Waals surface area contributed by atoms with Gasteiger partial charge in [0.25, 0.3) is 0 Å². The predicted molar refractivity (Wildman–Crippen MR) is 56.8 cm³/mol.